The predicted molar refractivity (Wildman–Crippen MR) is 89.5 cm³/mol. The van der Waals surface area contributed by atoms with E-state index < -0.39 is 0 Å². The van der Waals surface area contributed by atoms with Crippen molar-refractivity contribution in [3.05, 3.63) is 53.9 Å². The van der Waals surface area contributed by atoms with Crippen molar-refractivity contribution >= 4 is 23.2 Å². The van der Waals surface area contributed by atoms with E-state index in [-0.39, 0.29) is 5.91 Å². The second-order valence-corrected chi connectivity index (χ2v) is 5.31. The monoisotopic (exact) mass is 307 g/mol. The first-order valence-electron chi connectivity index (χ1n) is 7.43. The van der Waals surface area contributed by atoms with Crippen LogP contribution in [0.25, 0.3) is 22.2 Å². The van der Waals surface area contributed by atoms with Crippen LogP contribution in [-0.2, 0) is 7.05 Å². The highest BCUT2D eigenvalue weighted by Gasteiger charge is 2.13. The van der Waals surface area contributed by atoms with E-state index in [2.05, 4.69) is 10.3 Å². The highest BCUT2D eigenvalue weighted by atomic mass is 16.1. The van der Waals surface area contributed by atoms with E-state index in [9.17, 15) is 9.59 Å². The summed E-state index contributed by atoms with van der Waals surface area (Å²) in [6, 6.07) is 9.24. The SMILES string of the molecule is CCNC(=O)c1ccc(-c2ccnc3c2c(C=O)cn3C)cc1. The van der Waals surface area contributed by atoms with Crippen LogP contribution in [0.2, 0.25) is 0 Å². The van der Waals surface area contributed by atoms with Crippen molar-refractivity contribution in [2.75, 3.05) is 6.54 Å². The zero-order valence-electron chi connectivity index (χ0n) is 13.0. The molecule has 0 spiro atoms. The van der Waals surface area contributed by atoms with Crippen LogP contribution in [0.1, 0.15) is 27.6 Å². The van der Waals surface area contributed by atoms with Crippen molar-refractivity contribution < 1.29 is 9.59 Å². The van der Waals surface area contributed by atoms with Crippen molar-refractivity contribution in [3.8, 4) is 11.1 Å². The van der Waals surface area contributed by atoms with Gasteiger partial charge in [0.25, 0.3) is 5.91 Å². The maximum Gasteiger partial charge on any atom is 0.251 e. The molecule has 0 fully saturated rings. The Morgan fingerprint density at radius 2 is 2.00 bits per heavy atom. The summed E-state index contributed by atoms with van der Waals surface area (Å²) in [6.07, 6.45) is 4.34. The largest absolute Gasteiger partial charge is 0.352 e. The minimum absolute atomic E-state index is 0.0905. The summed E-state index contributed by atoms with van der Waals surface area (Å²) < 4.78 is 1.84. The average Bonchev–Trinajstić information content (AvgIpc) is 2.92. The molecule has 1 N–H and O–H groups in total. The summed E-state index contributed by atoms with van der Waals surface area (Å²) in [5.41, 5.74) is 3.86. The number of amides is 1. The van der Waals surface area contributed by atoms with Crippen molar-refractivity contribution in [2.45, 2.75) is 6.92 Å². The molecule has 0 unspecified atom stereocenters. The van der Waals surface area contributed by atoms with Crippen LogP contribution in [0.15, 0.2) is 42.7 Å². The van der Waals surface area contributed by atoms with Gasteiger partial charge in [0.15, 0.2) is 6.29 Å². The lowest BCUT2D eigenvalue weighted by Gasteiger charge is -2.07. The zero-order chi connectivity index (χ0) is 16.4. The third-order valence-electron chi connectivity index (χ3n) is 3.81. The molecule has 3 rings (SSSR count). The van der Waals surface area contributed by atoms with Crippen molar-refractivity contribution in [3.63, 3.8) is 0 Å². The molecule has 0 bridgehead atoms. The number of rotatable bonds is 4. The first-order chi connectivity index (χ1) is 11.2. The number of carbonyl (C=O) groups is 2. The lowest BCUT2D eigenvalue weighted by molar-refractivity contribution is 0.0955. The van der Waals surface area contributed by atoms with E-state index >= 15 is 0 Å². The van der Waals surface area contributed by atoms with Gasteiger partial charge in [0.05, 0.1) is 0 Å². The second-order valence-electron chi connectivity index (χ2n) is 5.31. The van der Waals surface area contributed by atoms with Crippen molar-refractivity contribution in [1.82, 2.24) is 14.9 Å². The molecule has 0 aliphatic rings. The molecule has 116 valence electrons. The fourth-order valence-corrected chi connectivity index (χ4v) is 2.73. The molecule has 2 aromatic heterocycles. The fraction of sp³-hybridized carbons (Fsp3) is 0.167. The number of benzene rings is 1. The molecule has 5 nitrogen and oxygen atoms in total. The summed E-state index contributed by atoms with van der Waals surface area (Å²) >= 11 is 0. The second kappa shape index (κ2) is 6.04. The molecule has 0 atom stereocenters. The summed E-state index contributed by atoms with van der Waals surface area (Å²) in [4.78, 5) is 27.5. The number of carbonyl (C=O) groups excluding carboxylic acids is 2. The first-order valence-corrected chi connectivity index (χ1v) is 7.43. The molecule has 0 radical (unpaired) electrons. The van der Waals surface area contributed by atoms with E-state index in [0.717, 1.165) is 28.4 Å². The van der Waals surface area contributed by atoms with E-state index in [1.807, 2.05) is 36.7 Å². The Labute approximate surface area is 134 Å². The first kappa shape index (κ1) is 15.0. The lowest BCUT2D eigenvalue weighted by Crippen LogP contribution is -2.22. The fourth-order valence-electron chi connectivity index (χ4n) is 2.73. The van der Waals surface area contributed by atoms with Gasteiger partial charge >= 0.3 is 0 Å². The summed E-state index contributed by atoms with van der Waals surface area (Å²) in [6.45, 7) is 2.48. The van der Waals surface area contributed by atoms with Gasteiger partial charge in [-0.1, -0.05) is 12.1 Å². The highest BCUT2D eigenvalue weighted by Crippen LogP contribution is 2.30. The van der Waals surface area contributed by atoms with Gasteiger partial charge in [-0.25, -0.2) is 4.98 Å². The van der Waals surface area contributed by atoms with Crippen LogP contribution >= 0.6 is 0 Å². The van der Waals surface area contributed by atoms with Crippen LogP contribution < -0.4 is 5.32 Å². The smallest absolute Gasteiger partial charge is 0.251 e. The van der Waals surface area contributed by atoms with E-state index in [4.69, 9.17) is 0 Å². The normalized spacial score (nSPS) is 10.7. The number of pyridine rings is 1. The van der Waals surface area contributed by atoms with Crippen LogP contribution in [0.4, 0.5) is 0 Å². The maximum absolute atomic E-state index is 11.8. The molecule has 5 heteroatoms. The molecule has 3 aromatic rings. The Hall–Kier alpha value is -2.95. The molecule has 0 saturated heterocycles. The van der Waals surface area contributed by atoms with Crippen LogP contribution in [0.5, 0.6) is 0 Å². The van der Waals surface area contributed by atoms with Crippen LogP contribution in [0, 0.1) is 0 Å². The van der Waals surface area contributed by atoms with Gasteiger partial charge in [-0.2, -0.15) is 0 Å². The lowest BCUT2D eigenvalue weighted by atomic mass is 10.0. The average molecular weight is 307 g/mol. The Balaban J connectivity index is 2.10. The van der Waals surface area contributed by atoms with Gasteiger partial charge in [-0.05, 0) is 36.2 Å². The quantitative estimate of drug-likeness (QED) is 0.754. The Morgan fingerprint density at radius 3 is 2.65 bits per heavy atom. The number of hydrogen-bond acceptors (Lipinski definition) is 3. The third-order valence-corrected chi connectivity index (χ3v) is 3.81. The standard InChI is InChI=1S/C18H17N3O2/c1-3-19-18(23)13-6-4-12(5-7-13)15-8-9-20-17-16(15)14(11-22)10-21(17)2/h4-11H,3H2,1-2H3,(H,19,23). The number of aryl methyl sites for hydroxylation is 1. The Kier molecular flexibility index (Phi) is 3.93. The molecular weight excluding hydrogens is 290 g/mol. The highest BCUT2D eigenvalue weighted by molar-refractivity contribution is 6.05. The van der Waals surface area contributed by atoms with E-state index in [1.165, 1.54) is 0 Å². The topological polar surface area (TPSA) is 64.0 Å². The predicted octanol–water partition coefficient (Wildman–Crippen LogP) is 2.80. The van der Waals surface area contributed by atoms with Gasteiger partial charge in [0, 0.05) is 42.5 Å². The molecule has 0 aliphatic heterocycles. The molecule has 1 aromatic carbocycles. The molecule has 0 aliphatic carbocycles. The molecule has 1 amide bonds. The molecule has 0 saturated carbocycles. The van der Waals surface area contributed by atoms with Crippen molar-refractivity contribution in [1.29, 1.82) is 0 Å². The van der Waals surface area contributed by atoms with E-state index in [1.54, 1.807) is 24.5 Å². The van der Waals surface area contributed by atoms with Gasteiger partial charge in [0.1, 0.15) is 5.65 Å². The number of nitrogens with zero attached hydrogens (tertiary/aromatic N) is 2. The number of aldehydes is 1. The molecular formula is C18H17N3O2. The zero-order valence-corrected chi connectivity index (χ0v) is 13.0. The number of fused-ring (bicyclic) bond motifs is 1. The number of hydrogen-bond donors (Lipinski definition) is 1. The summed E-state index contributed by atoms with van der Waals surface area (Å²) in [5, 5.41) is 3.60. The number of aromatic nitrogens is 2. The van der Waals surface area contributed by atoms with Gasteiger partial charge in [0.2, 0.25) is 0 Å². The Morgan fingerprint density at radius 1 is 1.26 bits per heavy atom. The molecule has 23 heavy (non-hydrogen) atoms. The summed E-state index contributed by atoms with van der Waals surface area (Å²) in [5.74, 6) is -0.0905. The van der Waals surface area contributed by atoms with Gasteiger partial charge in [-0.3, -0.25) is 9.59 Å². The van der Waals surface area contributed by atoms with Gasteiger partial charge < -0.3 is 9.88 Å². The minimum atomic E-state index is -0.0905. The number of nitrogens with one attached hydrogen (secondary N) is 1. The van der Waals surface area contributed by atoms with Gasteiger partial charge in [-0.15, -0.1) is 0 Å². The minimum Gasteiger partial charge on any atom is -0.352 e. The third kappa shape index (κ3) is 2.61. The maximum atomic E-state index is 11.8. The Bertz CT molecular complexity index is 879. The molecule has 2 heterocycles. The van der Waals surface area contributed by atoms with E-state index in [0.29, 0.717) is 17.7 Å². The van der Waals surface area contributed by atoms with Crippen LogP contribution in [-0.4, -0.2) is 28.3 Å². The summed E-state index contributed by atoms with van der Waals surface area (Å²) in [7, 11) is 1.87. The van der Waals surface area contributed by atoms with Crippen molar-refractivity contribution in [2.24, 2.45) is 7.05 Å². The van der Waals surface area contributed by atoms with Crippen LogP contribution in [0.3, 0.4) is 0 Å².